The molecular formula is C35H37ClO4. The Balaban J connectivity index is 0.000000210. The molecule has 5 heteroatoms. The quantitative estimate of drug-likeness (QED) is 0.344. The van der Waals surface area contributed by atoms with E-state index in [0.717, 1.165) is 10.9 Å². The van der Waals surface area contributed by atoms with E-state index in [9.17, 15) is 9.59 Å². The van der Waals surface area contributed by atoms with E-state index >= 15 is 0 Å². The van der Waals surface area contributed by atoms with E-state index in [-0.39, 0.29) is 16.7 Å². The normalized spacial score (nSPS) is 17.6. The Bertz CT molecular complexity index is 1620. The molecule has 1 fully saturated rings. The summed E-state index contributed by atoms with van der Waals surface area (Å²) in [6.07, 6.45) is 18.6. The number of carboxylic acid groups (broad SMARTS) is 2. The van der Waals surface area contributed by atoms with Crippen molar-refractivity contribution < 1.29 is 19.8 Å². The summed E-state index contributed by atoms with van der Waals surface area (Å²) in [6.45, 7) is 1.48. The number of hydrogen-bond donors (Lipinski definition) is 2. The van der Waals surface area contributed by atoms with Crippen LogP contribution in [0.4, 0.5) is 0 Å². The van der Waals surface area contributed by atoms with Gasteiger partial charge in [-0.2, -0.15) is 0 Å². The van der Waals surface area contributed by atoms with E-state index in [2.05, 4.69) is 36.4 Å². The molecule has 3 aromatic carbocycles. The molecule has 3 aliphatic carbocycles. The molecule has 0 aromatic heterocycles. The molecule has 1 unspecified atom stereocenters. The second-order valence-corrected chi connectivity index (χ2v) is 11.7. The fraction of sp³-hybridized carbons (Fsp3) is 0.371. The van der Waals surface area contributed by atoms with Crippen molar-refractivity contribution in [2.75, 3.05) is 0 Å². The van der Waals surface area contributed by atoms with Gasteiger partial charge >= 0.3 is 11.9 Å². The number of fused-ring (bicyclic) bond motifs is 4. The first kappa shape index (κ1) is 28.2. The molecule has 4 nitrogen and oxygen atoms in total. The second kappa shape index (κ2) is 12.4. The van der Waals surface area contributed by atoms with E-state index in [1.807, 2.05) is 6.07 Å². The maximum absolute atomic E-state index is 10.6. The summed E-state index contributed by atoms with van der Waals surface area (Å²) in [5, 5.41) is 23.8. The zero-order chi connectivity index (χ0) is 28.2. The summed E-state index contributed by atoms with van der Waals surface area (Å²) in [6, 6.07) is 15.3. The van der Waals surface area contributed by atoms with Crippen LogP contribution in [0.2, 0.25) is 5.02 Å². The first-order valence-electron chi connectivity index (χ1n) is 14.5. The molecule has 3 aromatic rings. The van der Waals surface area contributed by atoms with Crippen molar-refractivity contribution in [3.63, 3.8) is 0 Å². The van der Waals surface area contributed by atoms with Crippen LogP contribution in [0.1, 0.15) is 101 Å². The molecular weight excluding hydrogens is 520 g/mol. The monoisotopic (exact) mass is 556 g/mol. The Kier molecular flexibility index (Phi) is 8.75. The Hall–Kier alpha value is -3.37. The average Bonchev–Trinajstić information content (AvgIpc) is 2.96. The van der Waals surface area contributed by atoms with Crippen LogP contribution in [0, 0.1) is 23.3 Å². The smallest absolute Gasteiger partial charge is 0.335 e. The van der Waals surface area contributed by atoms with Gasteiger partial charge in [-0.05, 0) is 101 Å². The van der Waals surface area contributed by atoms with Crippen LogP contribution < -0.4 is 10.4 Å². The molecule has 2 N–H and O–H groups in total. The lowest BCUT2D eigenvalue weighted by atomic mass is 9.78. The zero-order valence-electron chi connectivity index (χ0n) is 23.1. The fourth-order valence-electron chi connectivity index (χ4n) is 6.79. The molecule has 0 heterocycles. The van der Waals surface area contributed by atoms with Gasteiger partial charge in [0.15, 0.2) is 0 Å². The lowest BCUT2D eigenvalue weighted by Crippen LogP contribution is -2.23. The molecule has 0 bridgehead atoms. The van der Waals surface area contributed by atoms with Crippen molar-refractivity contribution in [2.24, 2.45) is 5.92 Å². The van der Waals surface area contributed by atoms with E-state index in [1.54, 1.807) is 11.1 Å². The number of carbonyl (C=O) groups is 2. The first-order chi connectivity index (χ1) is 19.3. The van der Waals surface area contributed by atoms with Crippen LogP contribution in [0.5, 0.6) is 0 Å². The van der Waals surface area contributed by atoms with Crippen molar-refractivity contribution >= 4 is 35.7 Å². The van der Waals surface area contributed by atoms with E-state index in [1.165, 1.54) is 110 Å². The summed E-state index contributed by atoms with van der Waals surface area (Å²) in [5.74, 6) is -0.758. The van der Waals surface area contributed by atoms with Gasteiger partial charge < -0.3 is 10.2 Å². The maximum Gasteiger partial charge on any atom is 0.335 e. The minimum absolute atomic E-state index is 0.0277. The number of aromatic carboxylic acids is 2. The Morgan fingerprint density at radius 2 is 1.55 bits per heavy atom. The maximum atomic E-state index is 10.6. The molecule has 0 radical (unpaired) electrons. The number of rotatable bonds is 5. The highest BCUT2D eigenvalue weighted by Crippen LogP contribution is 2.35. The molecule has 0 amide bonds. The van der Waals surface area contributed by atoms with Gasteiger partial charge in [0.1, 0.15) is 0 Å². The van der Waals surface area contributed by atoms with Gasteiger partial charge in [-0.3, -0.25) is 0 Å². The molecule has 1 saturated carbocycles. The van der Waals surface area contributed by atoms with Crippen molar-refractivity contribution in [1.29, 1.82) is 0 Å². The van der Waals surface area contributed by atoms with Gasteiger partial charge in [0, 0.05) is 10.9 Å². The van der Waals surface area contributed by atoms with Gasteiger partial charge in [-0.25, -0.2) is 9.59 Å². The highest BCUT2D eigenvalue weighted by Gasteiger charge is 2.22. The predicted molar refractivity (Wildman–Crippen MR) is 160 cm³/mol. The van der Waals surface area contributed by atoms with Gasteiger partial charge in [-0.1, -0.05) is 86.2 Å². The number of benzene rings is 3. The van der Waals surface area contributed by atoms with Crippen LogP contribution in [0.3, 0.4) is 0 Å². The van der Waals surface area contributed by atoms with Crippen LogP contribution in [0.25, 0.3) is 12.2 Å². The number of halogens is 1. The highest BCUT2D eigenvalue weighted by molar-refractivity contribution is 6.30. The molecule has 3 aliphatic rings. The fourth-order valence-corrected chi connectivity index (χ4v) is 7.03. The molecule has 40 heavy (non-hydrogen) atoms. The van der Waals surface area contributed by atoms with Crippen LogP contribution >= 0.6 is 11.6 Å². The Morgan fingerprint density at radius 1 is 0.850 bits per heavy atom. The topological polar surface area (TPSA) is 74.6 Å². The van der Waals surface area contributed by atoms with Crippen molar-refractivity contribution in [3.8, 4) is 0 Å². The molecule has 6 rings (SSSR count). The van der Waals surface area contributed by atoms with Crippen molar-refractivity contribution in [2.45, 2.75) is 77.0 Å². The summed E-state index contributed by atoms with van der Waals surface area (Å²) in [7, 11) is 0. The SMILES string of the molecule is Cc1c(C(=O)O)cccc1C(=O)O.Clc1cccc2c1=CC(CCC1CCCCC1)c1c3c(ccc1=2)=CCCC3. The van der Waals surface area contributed by atoms with Crippen LogP contribution in [-0.2, 0) is 6.42 Å². The van der Waals surface area contributed by atoms with E-state index in [0.29, 0.717) is 5.92 Å². The highest BCUT2D eigenvalue weighted by atomic mass is 35.5. The summed E-state index contributed by atoms with van der Waals surface area (Å²) >= 11 is 6.63. The third-order valence-corrected chi connectivity index (χ3v) is 9.21. The Labute approximate surface area is 240 Å². The minimum atomic E-state index is -1.11. The van der Waals surface area contributed by atoms with Crippen molar-refractivity contribution in [1.82, 2.24) is 0 Å². The van der Waals surface area contributed by atoms with Gasteiger partial charge in [0.25, 0.3) is 0 Å². The summed E-state index contributed by atoms with van der Waals surface area (Å²) < 4.78 is 0. The second-order valence-electron chi connectivity index (χ2n) is 11.3. The first-order valence-corrected chi connectivity index (χ1v) is 14.9. The van der Waals surface area contributed by atoms with E-state index in [4.69, 9.17) is 21.8 Å². The Morgan fingerprint density at radius 3 is 2.25 bits per heavy atom. The molecule has 1 atom stereocenters. The molecule has 0 aliphatic heterocycles. The molecule has 0 saturated heterocycles. The van der Waals surface area contributed by atoms with Crippen molar-refractivity contribution in [3.05, 3.63) is 102 Å². The van der Waals surface area contributed by atoms with Gasteiger partial charge in [0.2, 0.25) is 0 Å². The number of carboxylic acids is 2. The third kappa shape index (κ3) is 5.88. The summed E-state index contributed by atoms with van der Waals surface area (Å²) in [4.78, 5) is 21.2. The van der Waals surface area contributed by atoms with Crippen LogP contribution in [0.15, 0.2) is 48.5 Å². The largest absolute Gasteiger partial charge is 0.478 e. The standard InChI is InChI=1S/C26H29Cl.C9H8O4/c27-25-12-6-11-22-23-16-15-19-9-4-5-10-21(19)26(23)20(17-24(22)25)14-13-18-7-2-1-3-8-18;1-5-6(8(10)11)3-2-4-7(5)9(12)13/h6,9,11-12,15-18,20H,1-5,7-8,10,13-14H2;2-4H,1H3,(H,10,11)(H,12,13). The van der Waals surface area contributed by atoms with Gasteiger partial charge in [0.05, 0.1) is 11.1 Å². The predicted octanol–water partition coefficient (Wildman–Crippen LogP) is 7.37. The van der Waals surface area contributed by atoms with E-state index < -0.39 is 11.9 Å². The lowest BCUT2D eigenvalue weighted by molar-refractivity contribution is 0.0696. The van der Waals surface area contributed by atoms with Crippen LogP contribution in [-0.4, -0.2) is 22.2 Å². The zero-order valence-corrected chi connectivity index (χ0v) is 23.8. The third-order valence-electron chi connectivity index (χ3n) is 8.88. The lowest BCUT2D eigenvalue weighted by Gasteiger charge is -2.27. The molecule has 0 spiro atoms. The minimum Gasteiger partial charge on any atom is -0.478 e. The summed E-state index contributed by atoms with van der Waals surface area (Å²) in [5.41, 5.74) is 3.57. The number of hydrogen-bond acceptors (Lipinski definition) is 2. The molecule has 208 valence electrons. The van der Waals surface area contributed by atoms with Gasteiger partial charge in [-0.15, -0.1) is 0 Å². The average molecular weight is 557 g/mol.